The maximum absolute atomic E-state index is 13.1. The maximum Gasteiger partial charge on any atom is 0.225 e. The number of benzene rings is 1. The van der Waals surface area contributed by atoms with Crippen LogP contribution in [0, 0.1) is 11.8 Å². The number of nitrogens with zero attached hydrogens (tertiary/aromatic N) is 2. The lowest BCUT2D eigenvalue weighted by molar-refractivity contribution is -0.135. The fraction of sp³-hybridized carbons (Fsp3) is 0.696. The molecular weight excluding hydrogens is 352 g/mol. The summed E-state index contributed by atoms with van der Waals surface area (Å²) in [5.74, 6) is 1.25. The van der Waals surface area contributed by atoms with E-state index in [1.54, 1.807) is 7.11 Å². The van der Waals surface area contributed by atoms with Crippen molar-refractivity contribution in [2.24, 2.45) is 11.8 Å². The van der Waals surface area contributed by atoms with Crippen molar-refractivity contribution in [2.45, 2.75) is 50.5 Å². The predicted octanol–water partition coefficient (Wildman–Crippen LogP) is 3.02. The van der Waals surface area contributed by atoms with Gasteiger partial charge in [0.15, 0.2) is 0 Å². The molecule has 1 aliphatic carbocycles. The minimum Gasteiger partial charge on any atom is -0.497 e. The molecular formula is C23H34N2O3. The SMILES string of the molecule is COc1ccc([C@@]2(O)CN(C(=O)C3CCCC3)C[C@@H]2CN2CCCCC2)cc1. The molecule has 154 valence electrons. The monoisotopic (exact) mass is 386 g/mol. The van der Waals surface area contributed by atoms with Gasteiger partial charge in [0.1, 0.15) is 11.4 Å². The van der Waals surface area contributed by atoms with E-state index in [1.165, 1.54) is 19.3 Å². The van der Waals surface area contributed by atoms with Crippen LogP contribution in [0.25, 0.3) is 0 Å². The Morgan fingerprint density at radius 1 is 1.11 bits per heavy atom. The third-order valence-corrected chi connectivity index (χ3v) is 7.08. The standard InChI is InChI=1S/C23H34N2O3/c1-28-21-11-9-19(10-12-21)23(27)17-25(22(26)18-7-3-4-8-18)16-20(23)15-24-13-5-2-6-14-24/h9-12,18,20,27H,2-8,13-17H2,1H3/t20-,23-/m0/s1. The molecule has 1 N–H and O–H groups in total. The van der Waals surface area contributed by atoms with Gasteiger partial charge in [0, 0.05) is 24.9 Å². The molecule has 2 atom stereocenters. The lowest BCUT2D eigenvalue weighted by Gasteiger charge is -2.35. The van der Waals surface area contributed by atoms with E-state index in [0.29, 0.717) is 13.1 Å². The second kappa shape index (κ2) is 8.42. The summed E-state index contributed by atoms with van der Waals surface area (Å²) in [5, 5.41) is 11.8. The fourth-order valence-electron chi connectivity index (χ4n) is 5.37. The summed E-state index contributed by atoms with van der Waals surface area (Å²) in [4.78, 5) is 17.5. The number of likely N-dealkylation sites (tertiary alicyclic amines) is 2. The summed E-state index contributed by atoms with van der Waals surface area (Å²) >= 11 is 0. The predicted molar refractivity (Wildman–Crippen MR) is 109 cm³/mol. The Hall–Kier alpha value is -1.59. The number of carbonyl (C=O) groups is 1. The average Bonchev–Trinajstić information content (AvgIpc) is 3.38. The molecule has 0 aromatic heterocycles. The van der Waals surface area contributed by atoms with Gasteiger partial charge in [-0.2, -0.15) is 0 Å². The molecule has 4 rings (SSSR count). The third kappa shape index (κ3) is 3.92. The molecule has 5 heteroatoms. The van der Waals surface area contributed by atoms with E-state index in [0.717, 1.165) is 56.6 Å². The first-order chi connectivity index (χ1) is 13.6. The zero-order valence-electron chi connectivity index (χ0n) is 17.1. The van der Waals surface area contributed by atoms with Crippen LogP contribution in [0.2, 0.25) is 0 Å². The Morgan fingerprint density at radius 2 is 1.79 bits per heavy atom. The summed E-state index contributed by atoms with van der Waals surface area (Å²) in [7, 11) is 1.65. The molecule has 2 saturated heterocycles. The average molecular weight is 387 g/mol. The highest BCUT2D eigenvalue weighted by Gasteiger charge is 2.49. The highest BCUT2D eigenvalue weighted by Crippen LogP contribution is 2.40. The van der Waals surface area contributed by atoms with E-state index in [2.05, 4.69) is 4.90 Å². The zero-order valence-corrected chi connectivity index (χ0v) is 17.1. The van der Waals surface area contributed by atoms with E-state index in [1.807, 2.05) is 29.2 Å². The van der Waals surface area contributed by atoms with Gasteiger partial charge in [0.25, 0.3) is 0 Å². The van der Waals surface area contributed by atoms with Crippen LogP contribution < -0.4 is 4.74 Å². The van der Waals surface area contributed by atoms with Crippen molar-refractivity contribution in [3.63, 3.8) is 0 Å². The molecule has 1 aromatic carbocycles. The van der Waals surface area contributed by atoms with Gasteiger partial charge >= 0.3 is 0 Å². The molecule has 3 fully saturated rings. The van der Waals surface area contributed by atoms with Gasteiger partial charge in [0.05, 0.1) is 13.7 Å². The van der Waals surface area contributed by atoms with Crippen LogP contribution in [0.3, 0.4) is 0 Å². The summed E-state index contributed by atoms with van der Waals surface area (Å²) in [6.07, 6.45) is 8.10. The lowest BCUT2D eigenvalue weighted by Crippen LogP contribution is -2.43. The van der Waals surface area contributed by atoms with Gasteiger partial charge in [-0.3, -0.25) is 4.79 Å². The van der Waals surface area contributed by atoms with Crippen molar-refractivity contribution in [1.29, 1.82) is 0 Å². The second-order valence-electron chi connectivity index (χ2n) is 8.91. The molecule has 2 heterocycles. The van der Waals surface area contributed by atoms with Gasteiger partial charge in [-0.15, -0.1) is 0 Å². The van der Waals surface area contributed by atoms with Gasteiger partial charge in [-0.05, 0) is 56.5 Å². The largest absolute Gasteiger partial charge is 0.497 e. The van der Waals surface area contributed by atoms with Crippen molar-refractivity contribution in [2.75, 3.05) is 39.8 Å². The first-order valence-electron chi connectivity index (χ1n) is 11.0. The number of carbonyl (C=O) groups excluding carboxylic acids is 1. The Morgan fingerprint density at radius 3 is 2.43 bits per heavy atom. The molecule has 1 aromatic rings. The van der Waals surface area contributed by atoms with Crippen molar-refractivity contribution < 1.29 is 14.6 Å². The molecule has 0 radical (unpaired) electrons. The van der Waals surface area contributed by atoms with Crippen LogP contribution in [0.5, 0.6) is 5.75 Å². The van der Waals surface area contributed by atoms with Crippen LogP contribution in [-0.2, 0) is 10.4 Å². The number of β-amino-alcohol motifs (C(OH)–C–C–N with tert-alkyl or cyclic N) is 1. The van der Waals surface area contributed by atoms with Crippen LogP contribution in [0.4, 0.5) is 0 Å². The van der Waals surface area contributed by atoms with Crippen molar-refractivity contribution >= 4 is 5.91 Å². The molecule has 1 saturated carbocycles. The quantitative estimate of drug-likeness (QED) is 0.845. The topological polar surface area (TPSA) is 53.0 Å². The van der Waals surface area contributed by atoms with Gasteiger partial charge in [-0.1, -0.05) is 31.4 Å². The van der Waals surface area contributed by atoms with E-state index < -0.39 is 5.60 Å². The number of rotatable bonds is 5. The van der Waals surface area contributed by atoms with Crippen LogP contribution in [0.15, 0.2) is 24.3 Å². The number of ether oxygens (including phenoxy) is 1. The molecule has 0 spiro atoms. The van der Waals surface area contributed by atoms with Crippen molar-refractivity contribution in [3.05, 3.63) is 29.8 Å². The second-order valence-corrected chi connectivity index (χ2v) is 8.91. The Bertz CT molecular complexity index is 665. The molecule has 28 heavy (non-hydrogen) atoms. The van der Waals surface area contributed by atoms with Gasteiger partial charge in [0.2, 0.25) is 5.91 Å². The Labute approximate surface area is 168 Å². The highest BCUT2D eigenvalue weighted by atomic mass is 16.5. The number of hydrogen-bond donors (Lipinski definition) is 1. The van der Waals surface area contributed by atoms with Gasteiger partial charge in [-0.25, -0.2) is 0 Å². The van der Waals surface area contributed by atoms with E-state index in [4.69, 9.17) is 4.74 Å². The van der Waals surface area contributed by atoms with Crippen LogP contribution in [0.1, 0.15) is 50.5 Å². The minimum absolute atomic E-state index is 0.0457. The van der Waals surface area contributed by atoms with Crippen LogP contribution in [-0.4, -0.2) is 60.6 Å². The Balaban J connectivity index is 1.56. The number of aliphatic hydroxyl groups is 1. The number of methoxy groups -OCH3 is 1. The normalized spacial score (nSPS) is 29.4. The fourth-order valence-corrected chi connectivity index (χ4v) is 5.37. The number of piperidine rings is 1. The summed E-state index contributed by atoms with van der Waals surface area (Å²) in [6, 6.07) is 7.75. The molecule has 1 amide bonds. The highest BCUT2D eigenvalue weighted by molar-refractivity contribution is 5.79. The lowest BCUT2D eigenvalue weighted by atomic mass is 9.83. The molecule has 2 aliphatic heterocycles. The van der Waals surface area contributed by atoms with Crippen molar-refractivity contribution in [3.8, 4) is 5.75 Å². The summed E-state index contributed by atoms with van der Waals surface area (Å²) in [5.41, 5.74) is -0.0881. The summed E-state index contributed by atoms with van der Waals surface area (Å²) in [6.45, 7) is 4.13. The van der Waals surface area contributed by atoms with Gasteiger partial charge < -0.3 is 19.6 Å². The van der Waals surface area contributed by atoms with E-state index in [9.17, 15) is 9.90 Å². The van der Waals surface area contributed by atoms with Crippen LogP contribution >= 0.6 is 0 Å². The molecule has 5 nitrogen and oxygen atoms in total. The molecule has 0 bridgehead atoms. The zero-order chi connectivity index (χ0) is 19.6. The van der Waals surface area contributed by atoms with E-state index >= 15 is 0 Å². The van der Waals surface area contributed by atoms with E-state index in [-0.39, 0.29) is 17.7 Å². The third-order valence-electron chi connectivity index (χ3n) is 7.08. The number of amides is 1. The summed E-state index contributed by atoms with van der Waals surface area (Å²) < 4.78 is 5.29. The Kier molecular flexibility index (Phi) is 5.93. The molecule has 0 unspecified atom stereocenters. The minimum atomic E-state index is -0.988. The smallest absolute Gasteiger partial charge is 0.225 e. The number of hydrogen-bond acceptors (Lipinski definition) is 4. The maximum atomic E-state index is 13.1. The van der Waals surface area contributed by atoms with Crippen molar-refractivity contribution in [1.82, 2.24) is 9.80 Å². The first-order valence-corrected chi connectivity index (χ1v) is 11.0. The molecule has 3 aliphatic rings. The first kappa shape index (κ1) is 19.7.